The van der Waals surface area contributed by atoms with Crippen molar-refractivity contribution in [2.75, 3.05) is 12.5 Å². The Morgan fingerprint density at radius 2 is 1.79 bits per heavy atom. The van der Waals surface area contributed by atoms with Crippen molar-refractivity contribution in [3.05, 3.63) is 53.1 Å². The molecule has 0 aliphatic carbocycles. The van der Waals surface area contributed by atoms with Gasteiger partial charge in [-0.3, -0.25) is 9.59 Å². The standard InChI is InChI=1S/C20H20N4O4/c1-11(25)24-20(2,19(22)26)9-13-7-16-17(28-10-27-16)8-15(13)18(23-24)12-3-5-14(21)6-4-12/h3-8H,9-10,21H2,1-2H3,(H2,22,26). The molecular weight excluding hydrogens is 360 g/mol. The van der Waals surface area contributed by atoms with Gasteiger partial charge in [-0.2, -0.15) is 5.10 Å². The largest absolute Gasteiger partial charge is 0.454 e. The van der Waals surface area contributed by atoms with E-state index in [1.165, 1.54) is 6.92 Å². The summed E-state index contributed by atoms with van der Waals surface area (Å²) in [5.41, 5.74) is 13.6. The maximum absolute atomic E-state index is 12.4. The summed E-state index contributed by atoms with van der Waals surface area (Å²) in [7, 11) is 0. The van der Waals surface area contributed by atoms with Crippen LogP contribution in [0.15, 0.2) is 41.5 Å². The molecule has 0 fully saturated rings. The number of nitrogens with zero attached hydrogens (tertiary/aromatic N) is 2. The first kappa shape index (κ1) is 17.8. The van der Waals surface area contributed by atoms with Crippen molar-refractivity contribution >= 4 is 23.2 Å². The van der Waals surface area contributed by atoms with Gasteiger partial charge in [0.1, 0.15) is 5.54 Å². The first-order chi connectivity index (χ1) is 13.3. The molecule has 4 rings (SSSR count). The summed E-state index contributed by atoms with van der Waals surface area (Å²) in [6.07, 6.45) is 0.190. The Kier molecular flexibility index (Phi) is 3.99. The Morgan fingerprint density at radius 1 is 1.14 bits per heavy atom. The normalized spacial score (nSPS) is 20.2. The number of rotatable bonds is 2. The van der Waals surface area contributed by atoms with Crippen molar-refractivity contribution in [1.29, 1.82) is 0 Å². The fourth-order valence-corrected chi connectivity index (χ4v) is 3.52. The number of nitrogens with two attached hydrogens (primary N) is 2. The Labute approximate surface area is 161 Å². The topological polar surface area (TPSA) is 120 Å². The number of carbonyl (C=O) groups is 2. The number of hydrogen-bond acceptors (Lipinski definition) is 6. The van der Waals surface area contributed by atoms with Crippen molar-refractivity contribution in [2.45, 2.75) is 25.8 Å². The monoisotopic (exact) mass is 380 g/mol. The number of nitrogen functional groups attached to an aromatic ring is 1. The summed E-state index contributed by atoms with van der Waals surface area (Å²) in [6.45, 7) is 3.09. The SMILES string of the molecule is CC(=O)N1N=C(c2ccc(N)cc2)c2cc3c(cc2CC1(C)C(N)=O)OCO3. The molecule has 8 heteroatoms. The molecule has 0 bridgehead atoms. The van der Waals surface area contributed by atoms with Gasteiger partial charge in [0.05, 0.1) is 5.71 Å². The number of hydrazone groups is 1. The van der Waals surface area contributed by atoms with Crippen molar-refractivity contribution < 1.29 is 19.1 Å². The van der Waals surface area contributed by atoms with Crippen molar-refractivity contribution in [3.63, 3.8) is 0 Å². The molecule has 144 valence electrons. The van der Waals surface area contributed by atoms with Gasteiger partial charge in [0.2, 0.25) is 18.6 Å². The second-order valence-electron chi connectivity index (χ2n) is 7.08. The van der Waals surface area contributed by atoms with E-state index in [0.29, 0.717) is 22.9 Å². The predicted molar refractivity (Wildman–Crippen MR) is 103 cm³/mol. The molecule has 0 spiro atoms. The lowest BCUT2D eigenvalue weighted by atomic mass is 9.87. The zero-order chi connectivity index (χ0) is 20.1. The lowest BCUT2D eigenvalue weighted by molar-refractivity contribution is -0.143. The molecular formula is C20H20N4O4. The van der Waals surface area contributed by atoms with Gasteiger partial charge in [0.25, 0.3) is 0 Å². The number of ether oxygens (including phenoxy) is 2. The minimum atomic E-state index is -1.33. The number of primary amides is 1. The minimum Gasteiger partial charge on any atom is -0.454 e. The summed E-state index contributed by atoms with van der Waals surface area (Å²) in [4.78, 5) is 24.8. The van der Waals surface area contributed by atoms with Gasteiger partial charge in [-0.05, 0) is 36.8 Å². The van der Waals surface area contributed by atoms with Gasteiger partial charge in [0.15, 0.2) is 11.5 Å². The van der Waals surface area contributed by atoms with Crippen LogP contribution in [0.5, 0.6) is 11.5 Å². The first-order valence-electron chi connectivity index (χ1n) is 8.78. The number of benzene rings is 2. The number of carbonyl (C=O) groups excluding carboxylic acids is 2. The average molecular weight is 380 g/mol. The Hall–Kier alpha value is -3.55. The van der Waals surface area contributed by atoms with Gasteiger partial charge >= 0.3 is 0 Å². The van der Waals surface area contributed by atoms with Crippen LogP contribution in [0.4, 0.5) is 5.69 Å². The van der Waals surface area contributed by atoms with Gasteiger partial charge in [-0.25, -0.2) is 5.01 Å². The third-order valence-corrected chi connectivity index (χ3v) is 5.07. The van der Waals surface area contributed by atoms with Crippen molar-refractivity contribution in [2.24, 2.45) is 10.8 Å². The highest BCUT2D eigenvalue weighted by Gasteiger charge is 2.43. The van der Waals surface area contributed by atoms with E-state index in [9.17, 15) is 9.59 Å². The highest BCUT2D eigenvalue weighted by molar-refractivity contribution is 6.15. The summed E-state index contributed by atoms with van der Waals surface area (Å²) < 4.78 is 11.0. The van der Waals surface area contributed by atoms with Crippen LogP contribution in [0.2, 0.25) is 0 Å². The van der Waals surface area contributed by atoms with Crippen molar-refractivity contribution in [1.82, 2.24) is 5.01 Å². The first-order valence-corrected chi connectivity index (χ1v) is 8.78. The second kappa shape index (κ2) is 6.26. The molecule has 2 heterocycles. The quantitative estimate of drug-likeness (QED) is 0.763. The minimum absolute atomic E-state index is 0.124. The Morgan fingerprint density at radius 3 is 2.39 bits per heavy atom. The second-order valence-corrected chi connectivity index (χ2v) is 7.08. The molecule has 1 atom stereocenters. The molecule has 8 nitrogen and oxygen atoms in total. The summed E-state index contributed by atoms with van der Waals surface area (Å²) in [5, 5.41) is 5.74. The number of fused-ring (bicyclic) bond motifs is 2. The maximum Gasteiger partial charge on any atom is 0.245 e. The molecule has 1 unspecified atom stereocenters. The molecule has 0 radical (unpaired) electrons. The highest BCUT2D eigenvalue weighted by Crippen LogP contribution is 2.39. The third-order valence-electron chi connectivity index (χ3n) is 5.07. The maximum atomic E-state index is 12.4. The lowest BCUT2D eigenvalue weighted by Crippen LogP contribution is -2.56. The zero-order valence-electron chi connectivity index (χ0n) is 15.6. The fraction of sp³-hybridized carbons (Fsp3) is 0.250. The molecule has 2 aliphatic rings. The van der Waals surface area contributed by atoms with Gasteiger partial charge in [-0.15, -0.1) is 0 Å². The summed E-state index contributed by atoms with van der Waals surface area (Å²) in [5.74, 6) is 0.133. The number of anilines is 1. The highest BCUT2D eigenvalue weighted by atomic mass is 16.7. The molecule has 2 aromatic rings. The van der Waals surface area contributed by atoms with Gasteiger partial charge in [0, 0.05) is 30.2 Å². The van der Waals surface area contributed by atoms with Crippen LogP contribution >= 0.6 is 0 Å². The van der Waals surface area contributed by atoms with Crippen LogP contribution in [0.25, 0.3) is 0 Å². The van der Waals surface area contributed by atoms with Crippen LogP contribution in [0.1, 0.15) is 30.5 Å². The predicted octanol–water partition coefficient (Wildman–Crippen LogP) is 1.40. The molecule has 0 saturated heterocycles. The Bertz CT molecular complexity index is 1020. The number of hydrogen-bond donors (Lipinski definition) is 2. The van der Waals surface area contributed by atoms with E-state index in [2.05, 4.69) is 5.10 Å². The molecule has 28 heavy (non-hydrogen) atoms. The fourth-order valence-electron chi connectivity index (χ4n) is 3.52. The van der Waals surface area contributed by atoms with Crippen LogP contribution in [-0.4, -0.2) is 34.9 Å². The van der Waals surface area contributed by atoms with E-state index in [-0.39, 0.29) is 19.1 Å². The van der Waals surface area contributed by atoms with E-state index in [0.717, 1.165) is 21.7 Å². The van der Waals surface area contributed by atoms with E-state index >= 15 is 0 Å². The van der Waals surface area contributed by atoms with Crippen LogP contribution in [-0.2, 0) is 16.0 Å². The average Bonchev–Trinajstić information content (AvgIpc) is 3.04. The molecule has 2 aromatic carbocycles. The third kappa shape index (κ3) is 2.74. The van der Waals surface area contributed by atoms with E-state index in [4.69, 9.17) is 20.9 Å². The van der Waals surface area contributed by atoms with Gasteiger partial charge < -0.3 is 20.9 Å². The molecule has 4 N–H and O–H groups in total. The Balaban J connectivity index is 2.00. The van der Waals surface area contributed by atoms with Crippen LogP contribution in [0, 0.1) is 0 Å². The smallest absolute Gasteiger partial charge is 0.245 e. The van der Waals surface area contributed by atoms with Crippen molar-refractivity contribution in [3.8, 4) is 11.5 Å². The molecule has 2 amide bonds. The molecule has 2 aliphatic heterocycles. The summed E-state index contributed by atoms with van der Waals surface area (Å²) >= 11 is 0. The molecule has 0 aromatic heterocycles. The number of amides is 2. The zero-order valence-corrected chi connectivity index (χ0v) is 15.6. The lowest BCUT2D eigenvalue weighted by Gasteiger charge is -2.33. The van der Waals surface area contributed by atoms with Crippen LogP contribution < -0.4 is 20.9 Å². The van der Waals surface area contributed by atoms with E-state index in [1.807, 2.05) is 24.3 Å². The van der Waals surface area contributed by atoms with E-state index < -0.39 is 11.4 Å². The molecule has 0 saturated carbocycles. The summed E-state index contributed by atoms with van der Waals surface area (Å²) in [6, 6.07) is 10.8. The van der Waals surface area contributed by atoms with E-state index in [1.54, 1.807) is 19.1 Å². The van der Waals surface area contributed by atoms with Crippen LogP contribution in [0.3, 0.4) is 0 Å². The van der Waals surface area contributed by atoms with Gasteiger partial charge in [-0.1, -0.05) is 12.1 Å².